The number of para-hydroxylation sites is 2. The largest absolute Gasteiger partial charge is 0.486 e. The number of nitrogens with zero attached hydrogens (tertiary/aromatic N) is 3. The molecule has 1 amide bonds. The Labute approximate surface area is 211 Å². The number of amides is 1. The standard InChI is InChI=1S/C25H21ClN4O4S/c1-33-24(32)17-12-13-20(26)21(14-17)27-23(31)16-35-25-29-28-22(15-34-19-10-6-3-7-11-19)30(25)18-8-4-2-5-9-18/h2-14H,15-16H2,1H3,(H,27,31). The summed E-state index contributed by atoms with van der Waals surface area (Å²) in [5, 5.41) is 12.1. The number of nitrogens with one attached hydrogen (secondary N) is 1. The number of anilines is 1. The lowest BCUT2D eigenvalue weighted by Crippen LogP contribution is -2.15. The van der Waals surface area contributed by atoms with Gasteiger partial charge in [0.15, 0.2) is 11.0 Å². The lowest BCUT2D eigenvalue weighted by atomic mass is 10.2. The van der Waals surface area contributed by atoms with Crippen molar-refractivity contribution in [3.63, 3.8) is 0 Å². The van der Waals surface area contributed by atoms with E-state index >= 15 is 0 Å². The predicted molar refractivity (Wildman–Crippen MR) is 134 cm³/mol. The molecule has 0 atom stereocenters. The first-order chi connectivity index (χ1) is 17.0. The third kappa shape index (κ3) is 6.20. The van der Waals surface area contributed by atoms with Crippen LogP contribution < -0.4 is 10.1 Å². The number of ether oxygens (including phenoxy) is 2. The molecule has 35 heavy (non-hydrogen) atoms. The molecule has 0 spiro atoms. The first kappa shape index (κ1) is 24.3. The summed E-state index contributed by atoms with van der Waals surface area (Å²) in [4.78, 5) is 24.4. The fraction of sp³-hybridized carbons (Fsp3) is 0.120. The van der Waals surface area contributed by atoms with E-state index in [0.717, 1.165) is 11.4 Å². The van der Waals surface area contributed by atoms with Crippen LogP contribution in [0.4, 0.5) is 5.69 Å². The van der Waals surface area contributed by atoms with E-state index in [1.54, 1.807) is 0 Å². The molecular weight excluding hydrogens is 488 g/mol. The van der Waals surface area contributed by atoms with Crippen LogP contribution in [-0.2, 0) is 16.1 Å². The minimum Gasteiger partial charge on any atom is -0.486 e. The van der Waals surface area contributed by atoms with E-state index in [1.807, 2.05) is 65.2 Å². The van der Waals surface area contributed by atoms with Crippen molar-refractivity contribution in [1.29, 1.82) is 0 Å². The first-order valence-corrected chi connectivity index (χ1v) is 11.9. The molecule has 1 heterocycles. The summed E-state index contributed by atoms with van der Waals surface area (Å²) < 4.78 is 12.4. The maximum absolute atomic E-state index is 12.7. The molecule has 1 N–H and O–H groups in total. The summed E-state index contributed by atoms with van der Waals surface area (Å²) in [6, 6.07) is 23.6. The molecule has 1 aromatic heterocycles. The molecule has 0 saturated heterocycles. The summed E-state index contributed by atoms with van der Waals surface area (Å²) in [5.41, 5.74) is 1.45. The molecule has 10 heteroatoms. The van der Waals surface area contributed by atoms with Gasteiger partial charge in [-0.3, -0.25) is 9.36 Å². The third-order valence-electron chi connectivity index (χ3n) is 4.82. The lowest BCUT2D eigenvalue weighted by molar-refractivity contribution is -0.113. The van der Waals surface area contributed by atoms with Crippen molar-refractivity contribution in [3.8, 4) is 11.4 Å². The van der Waals surface area contributed by atoms with Crippen molar-refractivity contribution in [3.05, 3.63) is 95.3 Å². The fourth-order valence-electron chi connectivity index (χ4n) is 3.17. The molecule has 4 rings (SSSR count). The number of halogens is 1. The highest BCUT2D eigenvalue weighted by Crippen LogP contribution is 2.26. The van der Waals surface area contributed by atoms with Crippen molar-refractivity contribution in [2.75, 3.05) is 18.2 Å². The molecule has 0 aliphatic rings. The number of hydrogen-bond acceptors (Lipinski definition) is 7. The summed E-state index contributed by atoms with van der Waals surface area (Å²) in [6.45, 7) is 0.203. The average Bonchev–Trinajstić information content (AvgIpc) is 3.31. The molecule has 0 aliphatic carbocycles. The van der Waals surface area contributed by atoms with Crippen LogP contribution in [0.1, 0.15) is 16.2 Å². The number of methoxy groups -OCH3 is 1. The van der Waals surface area contributed by atoms with Gasteiger partial charge in [-0.1, -0.05) is 59.8 Å². The van der Waals surface area contributed by atoms with E-state index in [0.29, 0.717) is 21.7 Å². The number of carbonyl (C=O) groups excluding carboxylic acids is 2. The van der Waals surface area contributed by atoms with Crippen molar-refractivity contribution in [2.45, 2.75) is 11.8 Å². The van der Waals surface area contributed by atoms with Crippen LogP contribution in [-0.4, -0.2) is 39.5 Å². The summed E-state index contributed by atoms with van der Waals surface area (Å²) in [6.07, 6.45) is 0. The molecule has 0 fully saturated rings. The van der Waals surface area contributed by atoms with Gasteiger partial charge >= 0.3 is 5.97 Å². The second-order valence-electron chi connectivity index (χ2n) is 7.19. The number of rotatable bonds is 9. The Bertz CT molecular complexity index is 1320. The summed E-state index contributed by atoms with van der Waals surface area (Å²) >= 11 is 7.40. The maximum atomic E-state index is 12.7. The highest BCUT2D eigenvalue weighted by molar-refractivity contribution is 7.99. The van der Waals surface area contributed by atoms with Crippen LogP contribution in [0.3, 0.4) is 0 Å². The van der Waals surface area contributed by atoms with E-state index in [4.69, 9.17) is 21.1 Å². The van der Waals surface area contributed by atoms with Crippen molar-refractivity contribution >= 4 is 40.9 Å². The lowest BCUT2D eigenvalue weighted by Gasteiger charge is -2.12. The van der Waals surface area contributed by atoms with Crippen LogP contribution in [0, 0.1) is 0 Å². The van der Waals surface area contributed by atoms with Gasteiger partial charge in [-0.25, -0.2) is 4.79 Å². The number of thioether (sulfide) groups is 1. The number of esters is 1. The van der Waals surface area contributed by atoms with Crippen LogP contribution in [0.2, 0.25) is 5.02 Å². The summed E-state index contributed by atoms with van der Waals surface area (Å²) in [5.74, 6) is 0.520. The quantitative estimate of drug-likeness (QED) is 0.250. The minimum absolute atomic E-state index is 0.0449. The Morgan fingerprint density at radius 1 is 1.00 bits per heavy atom. The van der Waals surface area contributed by atoms with Gasteiger partial charge in [0.25, 0.3) is 0 Å². The third-order valence-corrected chi connectivity index (χ3v) is 6.08. The molecule has 0 radical (unpaired) electrons. The fourth-order valence-corrected chi connectivity index (χ4v) is 4.11. The topological polar surface area (TPSA) is 95.3 Å². The monoisotopic (exact) mass is 508 g/mol. The van der Waals surface area contributed by atoms with Gasteiger partial charge in [0.1, 0.15) is 12.4 Å². The Hall–Kier alpha value is -3.82. The number of benzene rings is 3. The van der Waals surface area contributed by atoms with E-state index < -0.39 is 5.97 Å². The van der Waals surface area contributed by atoms with Gasteiger partial charge in [-0.15, -0.1) is 10.2 Å². The average molecular weight is 509 g/mol. The van der Waals surface area contributed by atoms with Crippen LogP contribution >= 0.6 is 23.4 Å². The molecule has 0 saturated carbocycles. The van der Waals surface area contributed by atoms with Gasteiger partial charge < -0.3 is 14.8 Å². The summed E-state index contributed by atoms with van der Waals surface area (Å²) in [7, 11) is 1.29. The normalized spacial score (nSPS) is 10.6. The van der Waals surface area contributed by atoms with Gasteiger partial charge in [-0.2, -0.15) is 0 Å². The molecule has 0 bridgehead atoms. The Morgan fingerprint density at radius 3 is 2.43 bits per heavy atom. The van der Waals surface area contributed by atoms with Gasteiger partial charge in [0.2, 0.25) is 5.91 Å². The molecule has 178 valence electrons. The zero-order valence-corrected chi connectivity index (χ0v) is 20.3. The Kier molecular flexibility index (Phi) is 8.02. The van der Waals surface area contributed by atoms with Crippen LogP contribution in [0.25, 0.3) is 5.69 Å². The number of aromatic nitrogens is 3. The van der Waals surface area contributed by atoms with Crippen molar-refractivity contribution in [2.24, 2.45) is 0 Å². The molecule has 8 nitrogen and oxygen atoms in total. The maximum Gasteiger partial charge on any atom is 0.337 e. The molecule has 3 aromatic carbocycles. The van der Waals surface area contributed by atoms with Crippen LogP contribution in [0.15, 0.2) is 84.0 Å². The SMILES string of the molecule is COC(=O)c1ccc(Cl)c(NC(=O)CSc2nnc(COc3ccccc3)n2-c2ccccc2)c1. The minimum atomic E-state index is -0.521. The zero-order chi connectivity index (χ0) is 24.6. The van der Waals surface area contributed by atoms with E-state index in [9.17, 15) is 9.59 Å². The molecular formula is C25H21ClN4O4S. The number of carbonyl (C=O) groups is 2. The Balaban J connectivity index is 1.48. The van der Waals surface area contributed by atoms with Crippen molar-refractivity contribution in [1.82, 2.24) is 14.8 Å². The van der Waals surface area contributed by atoms with E-state index in [1.165, 1.54) is 37.1 Å². The highest BCUT2D eigenvalue weighted by Gasteiger charge is 2.17. The van der Waals surface area contributed by atoms with Gasteiger partial charge in [-0.05, 0) is 42.5 Å². The predicted octanol–water partition coefficient (Wildman–Crippen LogP) is 5.02. The highest BCUT2D eigenvalue weighted by atomic mass is 35.5. The number of hydrogen-bond donors (Lipinski definition) is 1. The smallest absolute Gasteiger partial charge is 0.337 e. The molecule has 0 unspecified atom stereocenters. The first-order valence-electron chi connectivity index (χ1n) is 10.5. The molecule has 4 aromatic rings. The van der Waals surface area contributed by atoms with Crippen LogP contribution in [0.5, 0.6) is 5.75 Å². The second kappa shape index (κ2) is 11.5. The van der Waals surface area contributed by atoms with E-state index in [2.05, 4.69) is 15.5 Å². The molecule has 0 aliphatic heterocycles. The second-order valence-corrected chi connectivity index (χ2v) is 8.54. The zero-order valence-electron chi connectivity index (χ0n) is 18.7. The van der Waals surface area contributed by atoms with Gasteiger partial charge in [0.05, 0.1) is 29.1 Å². The van der Waals surface area contributed by atoms with Gasteiger partial charge in [0, 0.05) is 5.69 Å². The Morgan fingerprint density at radius 2 is 1.71 bits per heavy atom. The van der Waals surface area contributed by atoms with E-state index in [-0.39, 0.29) is 23.8 Å². The van der Waals surface area contributed by atoms with Crippen molar-refractivity contribution < 1.29 is 19.1 Å².